The van der Waals surface area contributed by atoms with Gasteiger partial charge >= 0.3 is 5.97 Å². The average molecular weight is 188 g/mol. The van der Waals surface area contributed by atoms with Crippen molar-refractivity contribution in [2.75, 3.05) is 0 Å². The van der Waals surface area contributed by atoms with Gasteiger partial charge in [-0.25, -0.2) is 4.79 Å². The first kappa shape index (κ1) is 12.4. The van der Waals surface area contributed by atoms with Crippen LogP contribution >= 0.6 is 0 Å². The Hall–Kier alpha value is -0.570. The highest BCUT2D eigenvalue weighted by atomic mass is 17.2. The number of carbonyl (C=O) groups is 1. The van der Waals surface area contributed by atoms with Crippen molar-refractivity contribution in [1.29, 1.82) is 0 Å². The molecule has 0 spiro atoms. The molecule has 13 heavy (non-hydrogen) atoms. The topological polar surface area (TPSA) is 35.5 Å². The quantitative estimate of drug-likeness (QED) is 0.493. The first-order valence-corrected chi connectivity index (χ1v) is 4.49. The lowest BCUT2D eigenvalue weighted by Gasteiger charge is -2.20. The van der Waals surface area contributed by atoms with E-state index < -0.39 is 5.60 Å². The zero-order valence-electron chi connectivity index (χ0n) is 9.43. The molecule has 0 unspecified atom stereocenters. The average Bonchev–Trinajstić information content (AvgIpc) is 1.78. The van der Waals surface area contributed by atoms with Crippen LogP contribution < -0.4 is 0 Å². The summed E-state index contributed by atoms with van der Waals surface area (Å²) in [5, 5.41) is 0. The molecule has 0 saturated heterocycles. The fourth-order valence-corrected chi connectivity index (χ4v) is 0.634. The SMILES string of the molecule is CC(C)(C)CC(=O)OOC(C)(C)C. The zero-order valence-corrected chi connectivity index (χ0v) is 9.43. The molecule has 0 saturated carbocycles. The Labute approximate surface area is 80.3 Å². The van der Waals surface area contributed by atoms with E-state index in [0.29, 0.717) is 6.42 Å². The summed E-state index contributed by atoms with van der Waals surface area (Å²) in [6, 6.07) is 0. The smallest absolute Gasteiger partial charge is 0.298 e. The number of rotatable bonds is 2. The van der Waals surface area contributed by atoms with Gasteiger partial charge in [0.1, 0.15) is 5.60 Å². The van der Waals surface area contributed by atoms with E-state index in [-0.39, 0.29) is 11.4 Å². The van der Waals surface area contributed by atoms with Crippen molar-refractivity contribution in [3.05, 3.63) is 0 Å². The van der Waals surface area contributed by atoms with Gasteiger partial charge < -0.3 is 0 Å². The van der Waals surface area contributed by atoms with Crippen LogP contribution in [0.2, 0.25) is 0 Å². The van der Waals surface area contributed by atoms with Gasteiger partial charge in [0.15, 0.2) is 0 Å². The largest absolute Gasteiger partial charge is 0.342 e. The van der Waals surface area contributed by atoms with E-state index in [1.807, 2.05) is 41.5 Å². The van der Waals surface area contributed by atoms with Crippen molar-refractivity contribution in [2.24, 2.45) is 5.41 Å². The first-order valence-electron chi connectivity index (χ1n) is 4.49. The van der Waals surface area contributed by atoms with Crippen LogP contribution in [0.5, 0.6) is 0 Å². The first-order chi connectivity index (χ1) is 5.60. The summed E-state index contributed by atoms with van der Waals surface area (Å²) in [6.45, 7) is 11.4. The molecule has 0 aliphatic rings. The summed E-state index contributed by atoms with van der Waals surface area (Å²) >= 11 is 0. The van der Waals surface area contributed by atoms with Crippen molar-refractivity contribution in [1.82, 2.24) is 0 Å². The number of hydrogen-bond acceptors (Lipinski definition) is 3. The van der Waals surface area contributed by atoms with Gasteiger partial charge in [-0.2, -0.15) is 4.89 Å². The summed E-state index contributed by atoms with van der Waals surface area (Å²) in [6.07, 6.45) is 0.364. The molecule has 0 aromatic rings. The number of hydrogen-bond donors (Lipinski definition) is 0. The highest BCUT2D eigenvalue weighted by molar-refractivity contribution is 5.69. The van der Waals surface area contributed by atoms with E-state index in [1.165, 1.54) is 0 Å². The predicted molar refractivity (Wildman–Crippen MR) is 51.0 cm³/mol. The molecule has 3 heteroatoms. The molecule has 0 aromatic heterocycles. The predicted octanol–water partition coefficient (Wildman–Crippen LogP) is 2.70. The summed E-state index contributed by atoms with van der Waals surface area (Å²) < 4.78 is 0. The van der Waals surface area contributed by atoms with Gasteiger partial charge in [0.2, 0.25) is 0 Å². The molecule has 0 fully saturated rings. The van der Waals surface area contributed by atoms with Gasteiger partial charge in [0, 0.05) is 0 Å². The van der Waals surface area contributed by atoms with Crippen molar-refractivity contribution < 1.29 is 14.6 Å². The van der Waals surface area contributed by atoms with E-state index in [9.17, 15) is 4.79 Å². The van der Waals surface area contributed by atoms with Crippen LogP contribution in [0.4, 0.5) is 0 Å². The Bertz CT molecular complexity index is 172. The lowest BCUT2D eigenvalue weighted by atomic mass is 9.93. The maximum atomic E-state index is 11.2. The summed E-state index contributed by atoms with van der Waals surface area (Å²) in [7, 11) is 0. The second-order valence-electron chi connectivity index (χ2n) is 5.39. The van der Waals surface area contributed by atoms with E-state index in [4.69, 9.17) is 4.89 Å². The molecule has 0 radical (unpaired) electrons. The Kier molecular flexibility index (Phi) is 3.91. The fourth-order valence-electron chi connectivity index (χ4n) is 0.634. The second kappa shape index (κ2) is 4.09. The molecule has 0 rings (SSSR count). The van der Waals surface area contributed by atoms with E-state index >= 15 is 0 Å². The van der Waals surface area contributed by atoms with Gasteiger partial charge in [-0.3, -0.25) is 4.89 Å². The van der Waals surface area contributed by atoms with Crippen LogP contribution in [0.1, 0.15) is 48.0 Å². The minimum Gasteiger partial charge on any atom is -0.298 e. The normalized spacial score (nSPS) is 12.8. The number of carbonyl (C=O) groups excluding carboxylic acids is 1. The molecule has 0 atom stereocenters. The fraction of sp³-hybridized carbons (Fsp3) is 0.900. The zero-order chi connectivity index (χ0) is 10.7. The van der Waals surface area contributed by atoms with Gasteiger partial charge in [0.25, 0.3) is 0 Å². The van der Waals surface area contributed by atoms with Gasteiger partial charge in [-0.15, -0.1) is 0 Å². The summed E-state index contributed by atoms with van der Waals surface area (Å²) in [5.74, 6) is -0.317. The third kappa shape index (κ3) is 9.34. The molecular weight excluding hydrogens is 168 g/mol. The molecule has 0 N–H and O–H groups in total. The van der Waals surface area contributed by atoms with Crippen LogP contribution in [0.15, 0.2) is 0 Å². The Morgan fingerprint density at radius 3 is 1.85 bits per heavy atom. The molecule has 0 aromatic carbocycles. The van der Waals surface area contributed by atoms with Crippen LogP contribution in [-0.2, 0) is 14.6 Å². The van der Waals surface area contributed by atoms with Crippen molar-refractivity contribution in [2.45, 2.75) is 53.6 Å². The van der Waals surface area contributed by atoms with Crippen LogP contribution in [0, 0.1) is 5.41 Å². The summed E-state index contributed by atoms with van der Waals surface area (Å²) in [5.41, 5.74) is -0.494. The molecule has 0 bridgehead atoms. The third-order valence-corrected chi connectivity index (χ3v) is 1.06. The van der Waals surface area contributed by atoms with Crippen molar-refractivity contribution in [3.8, 4) is 0 Å². The lowest BCUT2D eigenvalue weighted by molar-refractivity contribution is -0.321. The lowest BCUT2D eigenvalue weighted by Crippen LogP contribution is -2.24. The Morgan fingerprint density at radius 2 is 1.54 bits per heavy atom. The molecule has 78 valence electrons. The minimum absolute atomic E-state index is 0.0572. The molecule has 0 heterocycles. The van der Waals surface area contributed by atoms with Crippen LogP contribution in [0.3, 0.4) is 0 Å². The Morgan fingerprint density at radius 1 is 1.08 bits per heavy atom. The second-order valence-corrected chi connectivity index (χ2v) is 5.39. The maximum absolute atomic E-state index is 11.2. The van der Waals surface area contributed by atoms with Crippen LogP contribution in [0.25, 0.3) is 0 Å². The van der Waals surface area contributed by atoms with Gasteiger partial charge in [-0.1, -0.05) is 20.8 Å². The van der Waals surface area contributed by atoms with Crippen molar-refractivity contribution >= 4 is 5.97 Å². The van der Waals surface area contributed by atoms with Crippen molar-refractivity contribution in [3.63, 3.8) is 0 Å². The molecule has 0 amide bonds. The molecule has 0 aliphatic heterocycles. The molecular formula is C10H20O3. The van der Waals surface area contributed by atoms with Gasteiger partial charge in [0.05, 0.1) is 6.42 Å². The standard InChI is InChI=1S/C10H20O3/c1-9(2,3)7-8(11)12-13-10(4,5)6/h7H2,1-6H3. The summed E-state index contributed by atoms with van der Waals surface area (Å²) in [4.78, 5) is 20.7. The van der Waals surface area contributed by atoms with E-state index in [0.717, 1.165) is 0 Å². The Balaban J connectivity index is 3.78. The minimum atomic E-state index is -0.437. The molecule has 0 aliphatic carbocycles. The van der Waals surface area contributed by atoms with Gasteiger partial charge in [-0.05, 0) is 26.2 Å². The monoisotopic (exact) mass is 188 g/mol. The van der Waals surface area contributed by atoms with E-state index in [1.54, 1.807) is 0 Å². The van der Waals surface area contributed by atoms with Crippen LogP contribution in [-0.4, -0.2) is 11.6 Å². The van der Waals surface area contributed by atoms with E-state index in [2.05, 4.69) is 4.89 Å². The molecule has 3 nitrogen and oxygen atoms in total. The third-order valence-electron chi connectivity index (χ3n) is 1.06. The highest BCUT2D eigenvalue weighted by Gasteiger charge is 2.20. The maximum Gasteiger partial charge on any atom is 0.342 e. The highest BCUT2D eigenvalue weighted by Crippen LogP contribution is 2.19.